The van der Waals surface area contributed by atoms with E-state index in [1.54, 1.807) is 24.5 Å². The summed E-state index contributed by atoms with van der Waals surface area (Å²) in [7, 11) is 1.54. The smallest absolute Gasteiger partial charge is 0.245 e. The summed E-state index contributed by atoms with van der Waals surface area (Å²) in [5.41, 5.74) is 6.21. The van der Waals surface area contributed by atoms with Gasteiger partial charge in [-0.25, -0.2) is 4.98 Å². The monoisotopic (exact) mass is 318 g/mol. The molecular weight excluding hydrogens is 300 g/mol. The number of anilines is 1. The van der Waals surface area contributed by atoms with Gasteiger partial charge in [-0.1, -0.05) is 0 Å². The molecule has 0 radical (unpaired) electrons. The molecule has 1 fully saturated rings. The number of hydrogen-bond acceptors (Lipinski definition) is 6. The van der Waals surface area contributed by atoms with Gasteiger partial charge in [-0.2, -0.15) is 4.98 Å². The summed E-state index contributed by atoms with van der Waals surface area (Å²) in [5, 5.41) is 0. The van der Waals surface area contributed by atoms with Gasteiger partial charge in [-0.05, 0) is 32.4 Å². The third kappa shape index (κ3) is 3.19. The first-order chi connectivity index (χ1) is 10.6. The number of rotatable bonds is 5. The van der Waals surface area contributed by atoms with Crippen molar-refractivity contribution in [2.75, 3.05) is 12.5 Å². The summed E-state index contributed by atoms with van der Waals surface area (Å²) < 4.78 is 5.08. The fourth-order valence-electron chi connectivity index (χ4n) is 2.36. The van der Waals surface area contributed by atoms with Crippen molar-refractivity contribution in [3.05, 3.63) is 33.6 Å². The van der Waals surface area contributed by atoms with Crippen molar-refractivity contribution in [2.45, 2.75) is 26.2 Å². The summed E-state index contributed by atoms with van der Waals surface area (Å²) in [5.74, 6) is 1.13. The molecule has 6 nitrogen and oxygen atoms in total. The van der Waals surface area contributed by atoms with Crippen LogP contribution < -0.4 is 15.6 Å². The van der Waals surface area contributed by atoms with E-state index in [9.17, 15) is 4.79 Å². The molecule has 1 aliphatic rings. The van der Waals surface area contributed by atoms with Gasteiger partial charge in [-0.15, -0.1) is 11.3 Å². The first-order valence-corrected chi connectivity index (χ1v) is 7.90. The molecule has 2 heterocycles. The molecule has 2 N–H and O–H groups in total. The Labute approximate surface area is 132 Å². The molecule has 2 aromatic heterocycles. The second-order valence-corrected chi connectivity index (χ2v) is 6.71. The van der Waals surface area contributed by atoms with Gasteiger partial charge in [0.05, 0.1) is 7.11 Å². The number of aryl methyl sites for hydroxylation is 2. The first kappa shape index (κ1) is 14.8. The van der Waals surface area contributed by atoms with Gasteiger partial charge in [0.25, 0.3) is 0 Å². The number of amides is 1. The van der Waals surface area contributed by atoms with Crippen molar-refractivity contribution < 1.29 is 9.53 Å². The van der Waals surface area contributed by atoms with Crippen LogP contribution in [0.25, 0.3) is 0 Å². The molecule has 116 valence electrons. The van der Waals surface area contributed by atoms with E-state index in [-0.39, 0.29) is 11.8 Å². The standard InChI is InChI=1S/C15H18N4O2S/c1-8-6-13(21-3)17-15(16-8)19-18-14(20)11-7-10(11)12-5-4-9(2)22-12/h4-6,10-11H,7H2,1-3H3,(H,18,20)(H,16,17,19)/t10-,11+/m0/s1. The molecule has 0 bridgehead atoms. The number of hydrazine groups is 1. The van der Waals surface area contributed by atoms with Crippen LogP contribution in [0.2, 0.25) is 0 Å². The molecule has 1 saturated carbocycles. The van der Waals surface area contributed by atoms with Crippen LogP contribution in [0.4, 0.5) is 5.95 Å². The van der Waals surface area contributed by atoms with Crippen LogP contribution in [0.15, 0.2) is 18.2 Å². The van der Waals surface area contributed by atoms with Gasteiger partial charge in [0.1, 0.15) is 0 Å². The lowest BCUT2D eigenvalue weighted by Crippen LogP contribution is -2.32. The number of methoxy groups -OCH3 is 1. The Morgan fingerprint density at radius 2 is 2.18 bits per heavy atom. The Kier molecular flexibility index (Phi) is 3.98. The summed E-state index contributed by atoms with van der Waals surface area (Å²) in [6.07, 6.45) is 0.894. The minimum Gasteiger partial charge on any atom is -0.481 e. The lowest BCUT2D eigenvalue weighted by molar-refractivity contribution is -0.121. The second kappa shape index (κ2) is 5.92. The summed E-state index contributed by atoms with van der Waals surface area (Å²) in [6, 6.07) is 5.93. The van der Waals surface area contributed by atoms with Crippen molar-refractivity contribution in [3.63, 3.8) is 0 Å². The minimum absolute atomic E-state index is 0.0252. The summed E-state index contributed by atoms with van der Waals surface area (Å²) in [6.45, 7) is 3.92. The van der Waals surface area contributed by atoms with Gasteiger partial charge in [-0.3, -0.25) is 15.6 Å². The van der Waals surface area contributed by atoms with E-state index in [1.807, 2.05) is 6.92 Å². The van der Waals surface area contributed by atoms with Gasteiger partial charge < -0.3 is 4.74 Å². The molecule has 22 heavy (non-hydrogen) atoms. The quantitative estimate of drug-likeness (QED) is 0.828. The second-order valence-electron chi connectivity index (χ2n) is 5.39. The number of hydrogen-bond donors (Lipinski definition) is 2. The minimum atomic E-state index is -0.0277. The molecule has 0 saturated heterocycles. The lowest BCUT2D eigenvalue weighted by Gasteiger charge is -2.08. The predicted molar refractivity (Wildman–Crippen MR) is 85.0 cm³/mol. The Bertz CT molecular complexity index is 701. The van der Waals surface area contributed by atoms with E-state index in [1.165, 1.54) is 9.75 Å². The van der Waals surface area contributed by atoms with Crippen molar-refractivity contribution >= 4 is 23.2 Å². The summed E-state index contributed by atoms with van der Waals surface area (Å²) >= 11 is 1.76. The lowest BCUT2D eigenvalue weighted by atomic mass is 10.2. The number of carbonyl (C=O) groups is 1. The highest BCUT2D eigenvalue weighted by Crippen LogP contribution is 2.49. The van der Waals surface area contributed by atoms with Crippen LogP contribution in [-0.2, 0) is 4.79 Å². The van der Waals surface area contributed by atoms with Crippen LogP contribution in [0.1, 0.15) is 27.8 Å². The maximum atomic E-state index is 12.2. The fraction of sp³-hybridized carbons (Fsp3) is 0.400. The van der Waals surface area contributed by atoms with E-state index in [0.717, 1.165) is 12.1 Å². The van der Waals surface area contributed by atoms with Crippen LogP contribution >= 0.6 is 11.3 Å². The molecule has 0 aromatic carbocycles. The zero-order chi connectivity index (χ0) is 15.7. The highest BCUT2D eigenvalue weighted by Gasteiger charge is 2.44. The number of ether oxygens (including phenoxy) is 1. The first-order valence-electron chi connectivity index (χ1n) is 7.08. The van der Waals surface area contributed by atoms with Crippen LogP contribution in [0.5, 0.6) is 5.88 Å². The highest BCUT2D eigenvalue weighted by atomic mass is 32.1. The van der Waals surface area contributed by atoms with E-state index >= 15 is 0 Å². The molecule has 0 aliphatic heterocycles. The van der Waals surface area contributed by atoms with Crippen LogP contribution in [0, 0.1) is 19.8 Å². The number of nitrogens with one attached hydrogen (secondary N) is 2. The molecule has 1 aliphatic carbocycles. The number of aromatic nitrogens is 2. The van der Waals surface area contributed by atoms with E-state index in [4.69, 9.17) is 4.74 Å². The van der Waals surface area contributed by atoms with Crippen molar-refractivity contribution in [2.24, 2.45) is 5.92 Å². The third-order valence-electron chi connectivity index (χ3n) is 3.59. The molecule has 0 unspecified atom stereocenters. The van der Waals surface area contributed by atoms with Crippen molar-refractivity contribution in [1.82, 2.24) is 15.4 Å². The molecular formula is C15H18N4O2S. The average Bonchev–Trinajstić information content (AvgIpc) is 3.19. The van der Waals surface area contributed by atoms with Crippen molar-refractivity contribution in [3.8, 4) is 5.88 Å². The van der Waals surface area contributed by atoms with E-state index in [0.29, 0.717) is 17.7 Å². The molecule has 1 amide bonds. The molecule has 0 spiro atoms. The molecule has 2 atom stereocenters. The van der Waals surface area contributed by atoms with Gasteiger partial charge in [0.2, 0.25) is 17.7 Å². The fourth-order valence-corrected chi connectivity index (χ4v) is 3.42. The topological polar surface area (TPSA) is 76.1 Å². The Morgan fingerprint density at radius 1 is 1.36 bits per heavy atom. The number of nitrogens with zero attached hydrogens (tertiary/aromatic N) is 2. The van der Waals surface area contributed by atoms with Crippen molar-refractivity contribution in [1.29, 1.82) is 0 Å². The Balaban J connectivity index is 1.56. The SMILES string of the molecule is COc1cc(C)nc(NNC(=O)[C@@H]2C[C@@H]2c2ccc(C)s2)n1. The Hall–Kier alpha value is -2.15. The number of thiophene rings is 1. The van der Waals surface area contributed by atoms with Crippen LogP contribution in [-0.4, -0.2) is 23.0 Å². The van der Waals surface area contributed by atoms with Crippen LogP contribution in [0.3, 0.4) is 0 Å². The maximum absolute atomic E-state index is 12.2. The van der Waals surface area contributed by atoms with Gasteiger partial charge in [0.15, 0.2) is 0 Å². The zero-order valence-corrected chi connectivity index (χ0v) is 13.5. The normalized spacial score (nSPS) is 19.6. The van der Waals surface area contributed by atoms with E-state index < -0.39 is 0 Å². The third-order valence-corrected chi connectivity index (χ3v) is 4.72. The highest BCUT2D eigenvalue weighted by molar-refractivity contribution is 7.12. The number of carbonyl (C=O) groups excluding carboxylic acids is 1. The van der Waals surface area contributed by atoms with Gasteiger partial charge in [0, 0.05) is 33.4 Å². The Morgan fingerprint density at radius 3 is 2.86 bits per heavy atom. The maximum Gasteiger partial charge on any atom is 0.245 e. The molecule has 2 aromatic rings. The van der Waals surface area contributed by atoms with E-state index in [2.05, 4.69) is 39.9 Å². The average molecular weight is 318 g/mol. The zero-order valence-electron chi connectivity index (χ0n) is 12.7. The molecule has 7 heteroatoms. The molecule has 3 rings (SSSR count). The predicted octanol–water partition coefficient (Wildman–Crippen LogP) is 2.41. The summed E-state index contributed by atoms with van der Waals surface area (Å²) in [4.78, 5) is 23.0. The van der Waals surface area contributed by atoms with Gasteiger partial charge >= 0.3 is 0 Å². The largest absolute Gasteiger partial charge is 0.481 e.